The molecule has 0 aliphatic heterocycles. The van der Waals surface area contributed by atoms with E-state index < -0.39 is 0 Å². The molecule has 0 saturated heterocycles. The predicted octanol–water partition coefficient (Wildman–Crippen LogP) is 3.52. The van der Waals surface area contributed by atoms with Gasteiger partial charge in [0.25, 0.3) is 5.91 Å². The highest BCUT2D eigenvalue weighted by Gasteiger charge is 2.05. The Kier molecular flexibility index (Phi) is 5.32. The highest BCUT2D eigenvalue weighted by molar-refractivity contribution is 7.12. The summed E-state index contributed by atoms with van der Waals surface area (Å²) in [6.07, 6.45) is 0.765. The summed E-state index contributed by atoms with van der Waals surface area (Å²) >= 11 is 1.61. The van der Waals surface area contributed by atoms with Crippen LogP contribution in [0.3, 0.4) is 0 Å². The number of anilines is 1. The van der Waals surface area contributed by atoms with Gasteiger partial charge in [0.1, 0.15) is 0 Å². The van der Waals surface area contributed by atoms with Crippen molar-refractivity contribution >= 4 is 28.6 Å². The fourth-order valence-electron chi connectivity index (χ4n) is 1.61. The lowest BCUT2D eigenvalue weighted by molar-refractivity contribution is -0.120. The molecule has 0 aliphatic carbocycles. The third-order valence-electron chi connectivity index (χ3n) is 2.57. The molecule has 2 aromatic rings. The number of hydrogen-bond donors (Lipinski definition) is 1. The van der Waals surface area contributed by atoms with E-state index in [9.17, 15) is 4.79 Å². The Hall–Kier alpha value is -2.14. The molecule has 0 unspecified atom stereocenters. The van der Waals surface area contributed by atoms with E-state index in [0.717, 1.165) is 22.7 Å². The second-order valence-corrected chi connectivity index (χ2v) is 5.00. The van der Waals surface area contributed by atoms with Crippen LogP contribution in [0.1, 0.15) is 18.2 Å². The number of nitrogens with zero attached hydrogens (tertiary/aromatic N) is 1. The summed E-state index contributed by atoms with van der Waals surface area (Å²) in [7, 11) is 0. The number of amides is 1. The van der Waals surface area contributed by atoms with E-state index in [1.54, 1.807) is 11.3 Å². The number of para-hydroxylation sites is 1. The number of carbonyl (C=O) groups excluding carboxylic acids is 1. The Labute approximate surface area is 122 Å². The molecule has 5 heteroatoms. The summed E-state index contributed by atoms with van der Waals surface area (Å²) in [5, 5.41) is 8.76. The molecule has 104 valence electrons. The van der Waals surface area contributed by atoms with Crippen LogP contribution in [0.4, 0.5) is 5.69 Å². The standard InChI is InChI=1S/C15H16N2O2S/c1-2-13(14-9-6-10-20-14)17-19-11-15(18)16-12-7-4-3-5-8-12/h3-10H,2,11H2,1H3,(H,16,18). The molecule has 0 spiro atoms. The van der Waals surface area contributed by atoms with Gasteiger partial charge in [-0.2, -0.15) is 0 Å². The SMILES string of the molecule is CCC(=NOCC(=O)Nc1ccccc1)c1cccs1. The van der Waals surface area contributed by atoms with Crippen LogP contribution in [0.2, 0.25) is 0 Å². The van der Waals surface area contributed by atoms with E-state index in [-0.39, 0.29) is 12.5 Å². The number of nitrogens with one attached hydrogen (secondary N) is 1. The summed E-state index contributed by atoms with van der Waals surface area (Å²) in [4.78, 5) is 17.9. The maximum Gasteiger partial charge on any atom is 0.265 e. The molecule has 0 bridgehead atoms. The second kappa shape index (κ2) is 7.45. The summed E-state index contributed by atoms with van der Waals surface area (Å²) < 4.78 is 0. The average Bonchev–Trinajstić information content (AvgIpc) is 2.99. The molecule has 0 fully saturated rings. The smallest absolute Gasteiger partial charge is 0.265 e. The van der Waals surface area contributed by atoms with Crippen molar-refractivity contribution in [3.05, 3.63) is 52.7 Å². The summed E-state index contributed by atoms with van der Waals surface area (Å²) in [6, 6.07) is 13.2. The third kappa shape index (κ3) is 4.20. The molecule has 0 radical (unpaired) electrons. The summed E-state index contributed by atoms with van der Waals surface area (Å²) in [6.45, 7) is 1.91. The Balaban J connectivity index is 1.84. The van der Waals surface area contributed by atoms with Crippen LogP contribution in [0, 0.1) is 0 Å². The lowest BCUT2D eigenvalue weighted by atomic mass is 10.2. The van der Waals surface area contributed by atoms with E-state index in [1.165, 1.54) is 0 Å². The van der Waals surface area contributed by atoms with Crippen molar-refractivity contribution in [1.29, 1.82) is 0 Å². The predicted molar refractivity (Wildman–Crippen MR) is 82.2 cm³/mol. The molecule has 1 N–H and O–H groups in total. The average molecular weight is 288 g/mol. The normalized spacial score (nSPS) is 11.2. The van der Waals surface area contributed by atoms with Crippen LogP contribution in [-0.2, 0) is 9.63 Å². The molecule has 1 amide bonds. The molecule has 0 atom stereocenters. The van der Waals surface area contributed by atoms with Crippen LogP contribution in [0.5, 0.6) is 0 Å². The highest BCUT2D eigenvalue weighted by atomic mass is 32.1. The molecule has 0 saturated carbocycles. The van der Waals surface area contributed by atoms with Crippen LogP contribution in [0.25, 0.3) is 0 Å². The van der Waals surface area contributed by atoms with Gasteiger partial charge in [0.05, 0.1) is 10.6 Å². The van der Waals surface area contributed by atoms with Gasteiger partial charge >= 0.3 is 0 Å². The van der Waals surface area contributed by atoms with E-state index in [2.05, 4.69) is 10.5 Å². The van der Waals surface area contributed by atoms with Crippen molar-refractivity contribution in [3.8, 4) is 0 Å². The lowest BCUT2D eigenvalue weighted by Crippen LogP contribution is -2.17. The maximum absolute atomic E-state index is 11.7. The van der Waals surface area contributed by atoms with Gasteiger partial charge in [-0.15, -0.1) is 11.3 Å². The lowest BCUT2D eigenvalue weighted by Gasteiger charge is -2.05. The van der Waals surface area contributed by atoms with Gasteiger partial charge in [-0.05, 0) is 30.0 Å². The number of thiophene rings is 1. The second-order valence-electron chi connectivity index (χ2n) is 4.06. The molecule has 2 rings (SSSR count). The molecule has 1 aromatic carbocycles. The van der Waals surface area contributed by atoms with E-state index >= 15 is 0 Å². The third-order valence-corrected chi connectivity index (χ3v) is 3.49. The summed E-state index contributed by atoms with van der Waals surface area (Å²) in [5.74, 6) is -0.221. The van der Waals surface area contributed by atoms with E-state index in [0.29, 0.717) is 0 Å². The number of oxime groups is 1. The number of hydrogen-bond acceptors (Lipinski definition) is 4. The van der Waals surface area contributed by atoms with Gasteiger partial charge in [-0.3, -0.25) is 4.79 Å². The molecule has 20 heavy (non-hydrogen) atoms. The molecule has 1 aromatic heterocycles. The fourth-order valence-corrected chi connectivity index (χ4v) is 2.39. The van der Waals surface area contributed by atoms with Crippen molar-refractivity contribution in [2.75, 3.05) is 11.9 Å². The zero-order chi connectivity index (χ0) is 14.2. The Morgan fingerprint density at radius 3 is 2.70 bits per heavy atom. The first-order valence-electron chi connectivity index (χ1n) is 6.37. The van der Waals surface area contributed by atoms with Gasteiger partial charge in [0, 0.05) is 5.69 Å². The monoisotopic (exact) mass is 288 g/mol. The minimum absolute atomic E-state index is 0.0935. The van der Waals surface area contributed by atoms with Gasteiger partial charge in [0.2, 0.25) is 0 Å². The minimum Gasteiger partial charge on any atom is -0.385 e. The number of rotatable bonds is 6. The molecule has 1 heterocycles. The molecular formula is C15H16N2O2S. The first kappa shape index (κ1) is 14.3. The topological polar surface area (TPSA) is 50.7 Å². The first-order chi connectivity index (χ1) is 9.79. The van der Waals surface area contributed by atoms with Gasteiger partial charge in [0.15, 0.2) is 6.61 Å². The van der Waals surface area contributed by atoms with E-state index in [4.69, 9.17) is 4.84 Å². The van der Waals surface area contributed by atoms with Crippen LogP contribution in [0.15, 0.2) is 53.0 Å². The molecular weight excluding hydrogens is 272 g/mol. The summed E-state index contributed by atoms with van der Waals surface area (Å²) in [5.41, 5.74) is 1.60. The van der Waals surface area contributed by atoms with Crippen LogP contribution in [-0.4, -0.2) is 18.2 Å². The van der Waals surface area contributed by atoms with E-state index in [1.807, 2.05) is 54.8 Å². The van der Waals surface area contributed by atoms with Gasteiger partial charge in [-0.25, -0.2) is 0 Å². The van der Waals surface area contributed by atoms with Gasteiger partial charge in [-0.1, -0.05) is 36.3 Å². The van der Waals surface area contributed by atoms with Crippen LogP contribution >= 0.6 is 11.3 Å². The van der Waals surface area contributed by atoms with Crippen molar-refractivity contribution in [2.45, 2.75) is 13.3 Å². The maximum atomic E-state index is 11.7. The molecule has 0 aliphatic rings. The van der Waals surface area contributed by atoms with Crippen molar-refractivity contribution in [2.24, 2.45) is 5.16 Å². The Morgan fingerprint density at radius 1 is 1.25 bits per heavy atom. The Bertz CT molecular complexity index is 565. The fraction of sp³-hybridized carbons (Fsp3) is 0.200. The Morgan fingerprint density at radius 2 is 2.05 bits per heavy atom. The minimum atomic E-state index is -0.221. The highest BCUT2D eigenvalue weighted by Crippen LogP contribution is 2.12. The van der Waals surface area contributed by atoms with Crippen LogP contribution < -0.4 is 5.32 Å². The van der Waals surface area contributed by atoms with Crippen molar-refractivity contribution < 1.29 is 9.63 Å². The van der Waals surface area contributed by atoms with Crippen molar-refractivity contribution in [3.63, 3.8) is 0 Å². The number of carbonyl (C=O) groups is 1. The number of benzene rings is 1. The van der Waals surface area contributed by atoms with Gasteiger partial charge < -0.3 is 10.2 Å². The largest absolute Gasteiger partial charge is 0.385 e. The molecule has 4 nitrogen and oxygen atoms in total. The first-order valence-corrected chi connectivity index (χ1v) is 7.25. The van der Waals surface area contributed by atoms with Crippen molar-refractivity contribution in [1.82, 2.24) is 0 Å². The zero-order valence-electron chi connectivity index (χ0n) is 11.2. The zero-order valence-corrected chi connectivity index (χ0v) is 12.0. The quantitative estimate of drug-likeness (QED) is 0.653.